The van der Waals surface area contributed by atoms with Crippen LogP contribution >= 0.6 is 11.3 Å². The van der Waals surface area contributed by atoms with Gasteiger partial charge in [0.2, 0.25) is 4.80 Å². The van der Waals surface area contributed by atoms with Crippen LogP contribution in [-0.2, 0) is 0 Å². The summed E-state index contributed by atoms with van der Waals surface area (Å²) in [4.78, 5) is 9.03. The molecule has 28 heavy (non-hydrogen) atoms. The zero-order chi connectivity index (χ0) is 19.3. The lowest BCUT2D eigenvalue weighted by Gasteiger charge is -2.03. The highest BCUT2D eigenvalue weighted by Crippen LogP contribution is 2.22. The number of benzene rings is 2. The Balaban J connectivity index is 1.86. The molecule has 0 aliphatic rings. The summed E-state index contributed by atoms with van der Waals surface area (Å²) in [5, 5.41) is 6.40. The van der Waals surface area contributed by atoms with Crippen molar-refractivity contribution in [3.63, 3.8) is 0 Å². The first-order valence-corrected chi connectivity index (χ1v) is 9.30. The molecule has 0 radical (unpaired) electrons. The van der Waals surface area contributed by atoms with Gasteiger partial charge >= 0.3 is 0 Å². The Morgan fingerprint density at radius 1 is 0.964 bits per heavy atom. The molecule has 0 unspecified atom stereocenters. The molecule has 0 fully saturated rings. The molecule has 2 aromatic heterocycles. The maximum atomic E-state index is 14.1. The summed E-state index contributed by atoms with van der Waals surface area (Å²) in [7, 11) is 0. The van der Waals surface area contributed by atoms with Crippen LogP contribution in [0.15, 0.2) is 88.4 Å². The molecule has 0 saturated carbocycles. The second-order valence-corrected chi connectivity index (χ2v) is 6.62. The highest BCUT2D eigenvalue weighted by molar-refractivity contribution is 7.07. The van der Waals surface area contributed by atoms with Gasteiger partial charge in [-0.25, -0.2) is 18.4 Å². The summed E-state index contributed by atoms with van der Waals surface area (Å²) >= 11 is 1.32. The van der Waals surface area contributed by atoms with Gasteiger partial charge in [-0.1, -0.05) is 36.4 Å². The summed E-state index contributed by atoms with van der Waals surface area (Å²) in [6.45, 7) is 0. The first-order chi connectivity index (χ1) is 13.7. The van der Waals surface area contributed by atoms with E-state index in [1.807, 2.05) is 53.9 Å². The maximum absolute atomic E-state index is 14.1. The molecule has 0 aliphatic carbocycles. The van der Waals surface area contributed by atoms with Gasteiger partial charge in [0.1, 0.15) is 11.5 Å². The topological polar surface area (TPSA) is 42.5 Å². The van der Waals surface area contributed by atoms with Crippen LogP contribution in [0.1, 0.15) is 5.69 Å². The number of halogens is 2. The van der Waals surface area contributed by atoms with E-state index in [1.165, 1.54) is 23.5 Å². The quantitative estimate of drug-likeness (QED) is 0.451. The Labute approximate surface area is 163 Å². The summed E-state index contributed by atoms with van der Waals surface area (Å²) in [6, 6.07) is 18.5. The highest BCUT2D eigenvalue weighted by atomic mass is 32.1. The van der Waals surface area contributed by atoms with Crippen molar-refractivity contribution in [2.75, 3.05) is 0 Å². The predicted octanol–water partition coefficient (Wildman–Crippen LogP) is 5.00. The third-order valence-electron chi connectivity index (χ3n) is 3.87. The van der Waals surface area contributed by atoms with Crippen molar-refractivity contribution in [1.29, 1.82) is 0 Å². The van der Waals surface area contributed by atoms with Gasteiger partial charge in [-0.05, 0) is 24.3 Å². The summed E-state index contributed by atoms with van der Waals surface area (Å²) < 4.78 is 28.9. The molecular weight excluding hydrogens is 378 g/mol. The normalized spacial score (nSPS) is 12.0. The van der Waals surface area contributed by atoms with E-state index in [2.05, 4.69) is 15.1 Å². The van der Waals surface area contributed by atoms with Gasteiger partial charge in [-0.15, -0.1) is 11.3 Å². The Hall–Kier alpha value is -3.45. The fourth-order valence-corrected chi connectivity index (χ4v) is 3.39. The molecule has 4 rings (SSSR count). The zero-order valence-electron chi connectivity index (χ0n) is 14.5. The SMILES string of the molecule is Fc1ccc(N=c2scc(-c3ccccc3)n2/N=C\c2ccccn2)c(F)c1. The Bertz CT molecular complexity index is 1180. The second-order valence-electron chi connectivity index (χ2n) is 5.79. The van der Waals surface area contributed by atoms with E-state index in [0.29, 0.717) is 10.5 Å². The molecular formula is C21H14F2N4S. The van der Waals surface area contributed by atoms with Crippen molar-refractivity contribution in [3.05, 3.63) is 100 Å². The van der Waals surface area contributed by atoms with E-state index >= 15 is 0 Å². The summed E-state index contributed by atoms with van der Waals surface area (Å²) in [5.74, 6) is -1.37. The molecule has 2 heterocycles. The Morgan fingerprint density at radius 3 is 2.54 bits per heavy atom. The molecule has 0 amide bonds. The average Bonchev–Trinajstić information content (AvgIpc) is 3.12. The lowest BCUT2D eigenvalue weighted by atomic mass is 10.2. The van der Waals surface area contributed by atoms with Crippen LogP contribution in [0.3, 0.4) is 0 Å². The number of aromatic nitrogens is 2. The van der Waals surface area contributed by atoms with Crippen molar-refractivity contribution in [2.45, 2.75) is 0 Å². The molecule has 7 heteroatoms. The van der Waals surface area contributed by atoms with Crippen LogP contribution in [-0.4, -0.2) is 15.9 Å². The van der Waals surface area contributed by atoms with Gasteiger partial charge in [0.15, 0.2) is 5.82 Å². The molecule has 2 aromatic carbocycles. The number of rotatable bonds is 4. The minimum absolute atomic E-state index is 0.0460. The summed E-state index contributed by atoms with van der Waals surface area (Å²) in [5.41, 5.74) is 2.47. The molecule has 0 saturated heterocycles. The Morgan fingerprint density at radius 2 is 1.79 bits per heavy atom. The van der Waals surface area contributed by atoms with Gasteiger partial charge in [-0.2, -0.15) is 5.10 Å². The van der Waals surface area contributed by atoms with E-state index in [1.54, 1.807) is 17.1 Å². The van der Waals surface area contributed by atoms with E-state index in [9.17, 15) is 8.78 Å². The number of pyridine rings is 1. The molecule has 0 N–H and O–H groups in total. The standard InChI is InChI=1S/C21H14F2N4S/c22-16-9-10-19(18(23)12-16)26-21-27(25-13-17-8-4-5-11-24-17)20(14-28-21)15-6-2-1-3-7-15/h1-14H/b25-13-,26-21?. The zero-order valence-corrected chi connectivity index (χ0v) is 15.4. The first kappa shape index (κ1) is 17.9. The van der Waals surface area contributed by atoms with Crippen molar-refractivity contribution >= 4 is 23.2 Å². The molecule has 4 nitrogen and oxygen atoms in total. The van der Waals surface area contributed by atoms with E-state index < -0.39 is 11.6 Å². The molecule has 0 bridgehead atoms. The number of hydrogen-bond donors (Lipinski definition) is 0. The molecule has 0 atom stereocenters. The molecule has 0 spiro atoms. The number of hydrogen-bond acceptors (Lipinski definition) is 4. The van der Waals surface area contributed by atoms with Crippen molar-refractivity contribution in [3.8, 4) is 11.3 Å². The lowest BCUT2D eigenvalue weighted by Crippen LogP contribution is -2.12. The fourth-order valence-electron chi connectivity index (χ4n) is 2.54. The summed E-state index contributed by atoms with van der Waals surface area (Å²) in [6.07, 6.45) is 3.29. The van der Waals surface area contributed by atoms with Crippen LogP contribution in [0.25, 0.3) is 11.3 Å². The van der Waals surface area contributed by atoms with E-state index in [0.717, 1.165) is 17.3 Å². The van der Waals surface area contributed by atoms with Gasteiger partial charge in [0.05, 0.1) is 17.6 Å². The second kappa shape index (κ2) is 8.06. The maximum Gasteiger partial charge on any atom is 0.211 e. The van der Waals surface area contributed by atoms with Crippen LogP contribution < -0.4 is 4.80 Å². The van der Waals surface area contributed by atoms with Crippen molar-refractivity contribution < 1.29 is 8.78 Å². The largest absolute Gasteiger partial charge is 0.255 e. The molecule has 138 valence electrons. The Kier molecular flexibility index (Phi) is 5.16. The molecule has 4 aromatic rings. The van der Waals surface area contributed by atoms with Crippen LogP contribution in [0.2, 0.25) is 0 Å². The van der Waals surface area contributed by atoms with Crippen LogP contribution in [0.4, 0.5) is 14.5 Å². The third kappa shape index (κ3) is 3.94. The monoisotopic (exact) mass is 392 g/mol. The first-order valence-electron chi connectivity index (χ1n) is 8.42. The van der Waals surface area contributed by atoms with Crippen LogP contribution in [0.5, 0.6) is 0 Å². The van der Waals surface area contributed by atoms with Crippen molar-refractivity contribution in [1.82, 2.24) is 9.66 Å². The van der Waals surface area contributed by atoms with Gasteiger partial charge in [-0.3, -0.25) is 4.98 Å². The minimum atomic E-state index is -0.727. The van der Waals surface area contributed by atoms with Gasteiger partial charge < -0.3 is 0 Å². The fraction of sp³-hybridized carbons (Fsp3) is 0. The molecule has 0 aliphatic heterocycles. The number of thiazole rings is 1. The van der Waals surface area contributed by atoms with E-state index in [4.69, 9.17) is 0 Å². The number of nitrogens with zero attached hydrogens (tertiary/aromatic N) is 4. The van der Waals surface area contributed by atoms with Crippen molar-refractivity contribution in [2.24, 2.45) is 10.1 Å². The average molecular weight is 392 g/mol. The van der Waals surface area contributed by atoms with Gasteiger partial charge in [0.25, 0.3) is 0 Å². The van der Waals surface area contributed by atoms with Gasteiger partial charge in [0, 0.05) is 23.2 Å². The smallest absolute Gasteiger partial charge is 0.211 e. The lowest BCUT2D eigenvalue weighted by molar-refractivity contribution is 0.584. The van der Waals surface area contributed by atoms with Crippen LogP contribution in [0, 0.1) is 11.6 Å². The minimum Gasteiger partial charge on any atom is -0.255 e. The highest BCUT2D eigenvalue weighted by Gasteiger charge is 2.09. The van der Waals surface area contributed by atoms with E-state index in [-0.39, 0.29) is 5.69 Å². The predicted molar refractivity (Wildman–Crippen MR) is 107 cm³/mol. The third-order valence-corrected chi connectivity index (χ3v) is 4.69.